The summed E-state index contributed by atoms with van der Waals surface area (Å²) in [6, 6.07) is 56.5. The Balaban J connectivity index is 1.28. The number of benzene rings is 7. The van der Waals surface area contributed by atoms with Crippen LogP contribution in [0.5, 0.6) is 0 Å². The van der Waals surface area contributed by atoms with Gasteiger partial charge in [0.1, 0.15) is 11.2 Å². The summed E-state index contributed by atoms with van der Waals surface area (Å²) in [7, 11) is 0. The number of hydrogen-bond acceptors (Lipinski definition) is 1. The lowest BCUT2D eigenvalue weighted by Gasteiger charge is -2.12. The van der Waals surface area contributed by atoms with Crippen molar-refractivity contribution in [1.29, 1.82) is 0 Å². The second-order valence-electron chi connectivity index (χ2n) is 11.8. The molecule has 0 saturated heterocycles. The summed E-state index contributed by atoms with van der Waals surface area (Å²) in [5.41, 5.74) is 11.1. The van der Waals surface area contributed by atoms with Gasteiger partial charge in [0.15, 0.2) is 0 Å². The van der Waals surface area contributed by atoms with Crippen LogP contribution in [0.15, 0.2) is 162 Å². The molecule has 3 nitrogen and oxygen atoms in total. The molecule has 10 rings (SSSR count). The molecule has 0 saturated carbocycles. The average Bonchev–Trinajstić information content (AvgIpc) is 3.75. The Bertz CT molecular complexity index is 2710. The fourth-order valence-electron chi connectivity index (χ4n) is 7.36. The molecular weight excluding hydrogens is 548 g/mol. The van der Waals surface area contributed by atoms with Gasteiger partial charge in [0.2, 0.25) is 0 Å². The monoisotopic (exact) mass is 574 g/mol. The number of fused-ring (bicyclic) bond motifs is 9. The number of aromatic nitrogens is 2. The van der Waals surface area contributed by atoms with Crippen molar-refractivity contribution < 1.29 is 4.42 Å². The van der Waals surface area contributed by atoms with Crippen molar-refractivity contribution in [3.63, 3.8) is 0 Å². The van der Waals surface area contributed by atoms with Gasteiger partial charge >= 0.3 is 0 Å². The van der Waals surface area contributed by atoms with Gasteiger partial charge < -0.3 is 13.6 Å². The zero-order valence-corrected chi connectivity index (χ0v) is 24.3. The summed E-state index contributed by atoms with van der Waals surface area (Å²) >= 11 is 0. The van der Waals surface area contributed by atoms with Crippen molar-refractivity contribution in [2.45, 2.75) is 0 Å². The zero-order chi connectivity index (χ0) is 29.5. The first-order chi connectivity index (χ1) is 22.3. The van der Waals surface area contributed by atoms with E-state index in [1.54, 1.807) is 0 Å². The van der Waals surface area contributed by atoms with Gasteiger partial charge in [-0.25, -0.2) is 0 Å². The predicted molar refractivity (Wildman–Crippen MR) is 188 cm³/mol. The van der Waals surface area contributed by atoms with Crippen molar-refractivity contribution in [2.24, 2.45) is 0 Å². The highest BCUT2D eigenvalue weighted by Gasteiger charge is 2.19. The molecule has 3 aromatic heterocycles. The summed E-state index contributed by atoms with van der Waals surface area (Å²) in [5.74, 6) is 0. The fraction of sp³-hybridized carbons (Fsp3) is 0. The third-order valence-corrected chi connectivity index (χ3v) is 9.32. The van der Waals surface area contributed by atoms with Gasteiger partial charge in [0.05, 0.1) is 33.1 Å². The third kappa shape index (κ3) is 3.46. The van der Waals surface area contributed by atoms with Gasteiger partial charge in [0, 0.05) is 32.6 Å². The lowest BCUT2D eigenvalue weighted by molar-refractivity contribution is 0.669. The van der Waals surface area contributed by atoms with Crippen LogP contribution in [-0.4, -0.2) is 9.13 Å². The van der Waals surface area contributed by atoms with Crippen LogP contribution in [-0.2, 0) is 0 Å². The number of furan rings is 1. The smallest absolute Gasteiger partial charge is 0.137 e. The quantitative estimate of drug-likeness (QED) is 0.206. The van der Waals surface area contributed by atoms with E-state index in [1.807, 2.05) is 6.07 Å². The van der Waals surface area contributed by atoms with E-state index < -0.39 is 0 Å². The third-order valence-electron chi connectivity index (χ3n) is 9.32. The molecule has 0 atom stereocenters. The molecule has 0 unspecified atom stereocenters. The van der Waals surface area contributed by atoms with E-state index >= 15 is 0 Å². The first kappa shape index (κ1) is 24.4. The van der Waals surface area contributed by atoms with Gasteiger partial charge in [-0.1, -0.05) is 103 Å². The van der Waals surface area contributed by atoms with Gasteiger partial charge in [-0.05, 0) is 65.7 Å². The minimum atomic E-state index is 0.886. The molecular formula is C42H26N2O. The topological polar surface area (TPSA) is 23.0 Å². The normalized spacial score (nSPS) is 12.0. The van der Waals surface area contributed by atoms with Gasteiger partial charge in [0.25, 0.3) is 0 Å². The second kappa shape index (κ2) is 9.22. The molecule has 0 fully saturated rings. The first-order valence-electron chi connectivity index (χ1n) is 15.4. The predicted octanol–water partition coefficient (Wildman–Crippen LogP) is 11.4. The summed E-state index contributed by atoms with van der Waals surface area (Å²) in [6.45, 7) is 0. The number of hydrogen-bond donors (Lipinski definition) is 0. The molecule has 3 heterocycles. The van der Waals surface area contributed by atoms with Crippen LogP contribution in [0.4, 0.5) is 0 Å². The van der Waals surface area contributed by atoms with E-state index in [1.165, 1.54) is 49.2 Å². The summed E-state index contributed by atoms with van der Waals surface area (Å²) in [5, 5.41) is 7.22. The highest BCUT2D eigenvalue weighted by Crippen LogP contribution is 2.41. The zero-order valence-electron chi connectivity index (χ0n) is 24.3. The van der Waals surface area contributed by atoms with Crippen LogP contribution in [0.25, 0.3) is 88.1 Å². The van der Waals surface area contributed by atoms with Crippen LogP contribution >= 0.6 is 0 Å². The van der Waals surface area contributed by atoms with Crippen molar-refractivity contribution in [2.75, 3.05) is 0 Å². The molecule has 0 aliphatic rings. The second-order valence-corrected chi connectivity index (χ2v) is 11.8. The minimum Gasteiger partial charge on any atom is -0.456 e. The van der Waals surface area contributed by atoms with Crippen molar-refractivity contribution in [1.82, 2.24) is 9.13 Å². The Kier molecular flexibility index (Phi) is 5.00. The molecule has 3 heteroatoms. The molecule has 0 amide bonds. The molecule has 0 radical (unpaired) electrons. The molecule has 10 aromatic rings. The standard InChI is InChI=1S/C42H26N2O/c1-2-11-27(12-3-1)28-21-23-34-41(25-28)45-40-20-10-19-38(42(34)40)44-37-18-9-6-15-32(37)33-24-22-29(26-39(33)44)43-35-16-7-4-13-30(35)31-14-5-8-17-36(31)43/h1-26H. The van der Waals surface area contributed by atoms with Gasteiger partial charge in [-0.3, -0.25) is 0 Å². The maximum atomic E-state index is 6.54. The summed E-state index contributed by atoms with van der Waals surface area (Å²) in [4.78, 5) is 0. The van der Waals surface area contributed by atoms with Crippen molar-refractivity contribution >= 4 is 65.6 Å². The van der Waals surface area contributed by atoms with Gasteiger partial charge in [-0.2, -0.15) is 0 Å². The highest BCUT2D eigenvalue weighted by molar-refractivity contribution is 6.15. The maximum absolute atomic E-state index is 6.54. The van der Waals surface area contributed by atoms with Gasteiger partial charge in [-0.15, -0.1) is 0 Å². The SMILES string of the molecule is c1ccc(-c2ccc3c(c2)oc2cccc(-n4c5ccccc5c5ccc(-n6c7ccccc7c7ccccc76)cc54)c23)cc1. The number of para-hydroxylation sites is 3. The molecule has 0 N–H and O–H groups in total. The summed E-state index contributed by atoms with van der Waals surface area (Å²) in [6.07, 6.45) is 0. The minimum absolute atomic E-state index is 0.886. The van der Waals surface area contributed by atoms with E-state index in [0.717, 1.165) is 38.9 Å². The van der Waals surface area contributed by atoms with Crippen LogP contribution < -0.4 is 0 Å². The Hall–Kier alpha value is -6.06. The molecule has 0 aliphatic carbocycles. The van der Waals surface area contributed by atoms with E-state index in [-0.39, 0.29) is 0 Å². The molecule has 0 aliphatic heterocycles. The van der Waals surface area contributed by atoms with Crippen molar-refractivity contribution in [3.8, 4) is 22.5 Å². The van der Waals surface area contributed by atoms with Crippen molar-refractivity contribution in [3.05, 3.63) is 158 Å². The Labute approximate surface area is 258 Å². The molecule has 0 bridgehead atoms. The maximum Gasteiger partial charge on any atom is 0.137 e. The highest BCUT2D eigenvalue weighted by atomic mass is 16.3. The molecule has 0 spiro atoms. The van der Waals surface area contributed by atoms with E-state index in [0.29, 0.717) is 0 Å². The number of nitrogens with zero attached hydrogens (tertiary/aromatic N) is 2. The van der Waals surface area contributed by atoms with Crippen LogP contribution in [0, 0.1) is 0 Å². The first-order valence-corrected chi connectivity index (χ1v) is 15.4. The lowest BCUT2D eigenvalue weighted by Crippen LogP contribution is -1.97. The van der Waals surface area contributed by atoms with E-state index in [4.69, 9.17) is 4.42 Å². The Morgan fingerprint density at radius 3 is 1.67 bits per heavy atom. The Morgan fingerprint density at radius 2 is 0.956 bits per heavy atom. The Morgan fingerprint density at radius 1 is 0.356 bits per heavy atom. The number of rotatable bonds is 3. The summed E-state index contributed by atoms with van der Waals surface area (Å²) < 4.78 is 11.4. The van der Waals surface area contributed by atoms with Crippen LogP contribution in [0.2, 0.25) is 0 Å². The fourth-order valence-corrected chi connectivity index (χ4v) is 7.36. The van der Waals surface area contributed by atoms with E-state index in [2.05, 4.69) is 161 Å². The molecule has 45 heavy (non-hydrogen) atoms. The van der Waals surface area contributed by atoms with Crippen LogP contribution in [0.1, 0.15) is 0 Å². The lowest BCUT2D eigenvalue weighted by atomic mass is 10.0. The average molecular weight is 575 g/mol. The van der Waals surface area contributed by atoms with E-state index in [9.17, 15) is 0 Å². The van der Waals surface area contributed by atoms with Crippen LogP contribution in [0.3, 0.4) is 0 Å². The largest absolute Gasteiger partial charge is 0.456 e. The molecule has 7 aromatic carbocycles. The molecule has 210 valence electrons.